The quantitative estimate of drug-likeness (QED) is 0.798. The molecular formula is C12H19N5O. The second kappa shape index (κ2) is 5.77. The Bertz CT molecular complexity index is 415. The fourth-order valence-electron chi connectivity index (χ4n) is 2.03. The molecule has 98 valence electrons. The van der Waals surface area contributed by atoms with Gasteiger partial charge in [0.1, 0.15) is 0 Å². The third-order valence-electron chi connectivity index (χ3n) is 3.11. The van der Waals surface area contributed by atoms with Gasteiger partial charge in [-0.05, 0) is 13.0 Å². The van der Waals surface area contributed by atoms with Crippen LogP contribution in [0.5, 0.6) is 0 Å². The molecule has 6 heteroatoms. The zero-order chi connectivity index (χ0) is 13.0. The lowest BCUT2D eigenvalue weighted by Gasteiger charge is -2.34. The molecule has 1 aliphatic rings. The summed E-state index contributed by atoms with van der Waals surface area (Å²) in [5.74, 6) is 0.559. The van der Waals surface area contributed by atoms with E-state index in [1.54, 1.807) is 6.20 Å². The Balaban J connectivity index is 1.85. The van der Waals surface area contributed by atoms with Crippen molar-refractivity contribution >= 4 is 11.9 Å². The number of anilines is 1. The predicted octanol–water partition coefficient (Wildman–Crippen LogP) is -0.218. The highest BCUT2D eigenvalue weighted by Crippen LogP contribution is 2.11. The molecule has 6 nitrogen and oxygen atoms in total. The summed E-state index contributed by atoms with van der Waals surface area (Å²) in [6.07, 6.45) is 2.22. The van der Waals surface area contributed by atoms with Gasteiger partial charge in [-0.1, -0.05) is 0 Å². The van der Waals surface area contributed by atoms with Gasteiger partial charge in [0.15, 0.2) is 0 Å². The number of piperazine rings is 1. The molecule has 2 N–H and O–H groups in total. The largest absolute Gasteiger partial charge is 0.370 e. The fourth-order valence-corrected chi connectivity index (χ4v) is 2.03. The first-order valence-electron chi connectivity index (χ1n) is 6.20. The van der Waals surface area contributed by atoms with Crippen molar-refractivity contribution in [3.8, 4) is 0 Å². The van der Waals surface area contributed by atoms with Crippen LogP contribution >= 0.6 is 0 Å². The van der Waals surface area contributed by atoms with Gasteiger partial charge < -0.3 is 10.6 Å². The molecule has 0 aromatic carbocycles. The lowest BCUT2D eigenvalue weighted by molar-refractivity contribution is -0.118. The molecule has 1 aromatic rings. The third kappa shape index (κ3) is 3.40. The highest BCUT2D eigenvalue weighted by molar-refractivity contribution is 5.73. The first-order chi connectivity index (χ1) is 8.65. The number of nitrogens with two attached hydrogens (primary N) is 1. The second-order valence-electron chi connectivity index (χ2n) is 4.54. The number of hydrogen-bond acceptors (Lipinski definition) is 5. The monoisotopic (exact) mass is 249 g/mol. The Morgan fingerprint density at radius 1 is 1.39 bits per heavy atom. The third-order valence-corrected chi connectivity index (χ3v) is 3.11. The van der Waals surface area contributed by atoms with Crippen LogP contribution in [0.4, 0.5) is 5.95 Å². The lowest BCUT2D eigenvalue weighted by Crippen LogP contribution is -2.47. The number of nitrogens with zero attached hydrogens (tertiary/aromatic N) is 4. The van der Waals surface area contributed by atoms with E-state index < -0.39 is 0 Å². The molecule has 0 radical (unpaired) electrons. The maximum Gasteiger partial charge on any atom is 0.225 e. The van der Waals surface area contributed by atoms with Crippen molar-refractivity contribution in [1.29, 1.82) is 0 Å². The van der Waals surface area contributed by atoms with Crippen LogP contribution in [0, 0.1) is 6.92 Å². The zero-order valence-electron chi connectivity index (χ0n) is 10.7. The molecule has 0 aliphatic carbocycles. The van der Waals surface area contributed by atoms with Gasteiger partial charge in [-0.25, -0.2) is 9.97 Å². The first kappa shape index (κ1) is 12.8. The van der Waals surface area contributed by atoms with Crippen LogP contribution in [0.15, 0.2) is 12.3 Å². The van der Waals surface area contributed by atoms with Crippen molar-refractivity contribution in [1.82, 2.24) is 14.9 Å². The molecule has 0 bridgehead atoms. The number of primary amides is 1. The van der Waals surface area contributed by atoms with Crippen LogP contribution in [0.2, 0.25) is 0 Å². The Morgan fingerprint density at radius 2 is 2.11 bits per heavy atom. The van der Waals surface area contributed by atoms with E-state index in [1.807, 2.05) is 13.0 Å². The summed E-state index contributed by atoms with van der Waals surface area (Å²) in [7, 11) is 0. The topological polar surface area (TPSA) is 75.3 Å². The zero-order valence-corrected chi connectivity index (χ0v) is 10.7. The minimum atomic E-state index is -0.237. The molecule has 1 saturated heterocycles. The second-order valence-corrected chi connectivity index (χ2v) is 4.54. The summed E-state index contributed by atoms with van der Waals surface area (Å²) in [6, 6.07) is 1.90. The van der Waals surface area contributed by atoms with E-state index in [1.165, 1.54) is 0 Å². The van der Waals surface area contributed by atoms with Gasteiger partial charge in [-0.3, -0.25) is 9.69 Å². The molecule has 1 aliphatic heterocycles. The SMILES string of the molecule is Cc1ccnc(N2CCN(CCC(N)=O)CC2)n1. The van der Waals surface area contributed by atoms with E-state index in [2.05, 4.69) is 19.8 Å². The Hall–Kier alpha value is -1.69. The van der Waals surface area contributed by atoms with Crippen LogP contribution in [0.25, 0.3) is 0 Å². The summed E-state index contributed by atoms with van der Waals surface area (Å²) in [5, 5.41) is 0. The average molecular weight is 249 g/mol. The van der Waals surface area contributed by atoms with E-state index >= 15 is 0 Å². The van der Waals surface area contributed by atoms with Crippen LogP contribution < -0.4 is 10.6 Å². The summed E-state index contributed by atoms with van der Waals surface area (Å²) in [6.45, 7) is 6.34. The van der Waals surface area contributed by atoms with Crippen LogP contribution in [-0.2, 0) is 4.79 Å². The molecule has 1 fully saturated rings. The maximum absolute atomic E-state index is 10.7. The van der Waals surface area contributed by atoms with Crippen molar-refractivity contribution in [3.05, 3.63) is 18.0 Å². The molecule has 0 spiro atoms. The van der Waals surface area contributed by atoms with Gasteiger partial charge in [0.2, 0.25) is 11.9 Å². The van der Waals surface area contributed by atoms with Crippen molar-refractivity contribution in [2.45, 2.75) is 13.3 Å². The van der Waals surface area contributed by atoms with Crippen molar-refractivity contribution in [2.24, 2.45) is 5.73 Å². The highest BCUT2D eigenvalue weighted by Gasteiger charge is 2.18. The summed E-state index contributed by atoms with van der Waals surface area (Å²) < 4.78 is 0. The molecule has 0 saturated carbocycles. The number of rotatable bonds is 4. The number of aryl methyl sites for hydroxylation is 1. The van der Waals surface area contributed by atoms with Gasteiger partial charge in [0.25, 0.3) is 0 Å². The fraction of sp³-hybridized carbons (Fsp3) is 0.583. The Morgan fingerprint density at radius 3 is 2.72 bits per heavy atom. The molecular weight excluding hydrogens is 230 g/mol. The molecule has 2 heterocycles. The van der Waals surface area contributed by atoms with Gasteiger partial charge in [0.05, 0.1) is 0 Å². The van der Waals surface area contributed by atoms with Crippen molar-refractivity contribution in [3.63, 3.8) is 0 Å². The number of carbonyl (C=O) groups excluding carboxylic acids is 1. The van der Waals surface area contributed by atoms with E-state index in [-0.39, 0.29) is 5.91 Å². The predicted molar refractivity (Wildman–Crippen MR) is 69.2 cm³/mol. The van der Waals surface area contributed by atoms with Crippen LogP contribution in [-0.4, -0.2) is 53.5 Å². The number of aromatic nitrogens is 2. The average Bonchev–Trinajstić information content (AvgIpc) is 2.37. The molecule has 0 atom stereocenters. The van der Waals surface area contributed by atoms with Crippen LogP contribution in [0.3, 0.4) is 0 Å². The van der Waals surface area contributed by atoms with E-state index in [9.17, 15) is 4.79 Å². The Labute approximate surface area is 107 Å². The minimum Gasteiger partial charge on any atom is -0.370 e. The van der Waals surface area contributed by atoms with Gasteiger partial charge in [-0.2, -0.15) is 0 Å². The smallest absolute Gasteiger partial charge is 0.225 e. The van der Waals surface area contributed by atoms with E-state index in [4.69, 9.17) is 5.73 Å². The standard InChI is InChI=1S/C12H19N5O/c1-10-2-4-14-12(15-10)17-8-6-16(7-9-17)5-3-11(13)18/h2,4H,3,5-9H2,1H3,(H2,13,18). The highest BCUT2D eigenvalue weighted by atomic mass is 16.1. The number of amides is 1. The maximum atomic E-state index is 10.7. The number of hydrogen-bond donors (Lipinski definition) is 1. The van der Waals surface area contributed by atoms with Crippen molar-refractivity contribution in [2.75, 3.05) is 37.6 Å². The van der Waals surface area contributed by atoms with Crippen molar-refractivity contribution < 1.29 is 4.79 Å². The normalized spacial score (nSPS) is 16.8. The number of carbonyl (C=O) groups is 1. The van der Waals surface area contributed by atoms with Gasteiger partial charge in [0, 0.05) is 51.0 Å². The summed E-state index contributed by atoms with van der Waals surface area (Å²) in [4.78, 5) is 23.9. The first-order valence-corrected chi connectivity index (χ1v) is 6.20. The lowest BCUT2D eigenvalue weighted by atomic mass is 10.3. The van der Waals surface area contributed by atoms with Gasteiger partial charge >= 0.3 is 0 Å². The summed E-state index contributed by atoms with van der Waals surface area (Å²) >= 11 is 0. The van der Waals surface area contributed by atoms with Crippen LogP contribution in [0.1, 0.15) is 12.1 Å². The summed E-state index contributed by atoms with van der Waals surface area (Å²) in [5.41, 5.74) is 6.13. The van der Waals surface area contributed by atoms with E-state index in [0.29, 0.717) is 6.42 Å². The molecule has 1 aromatic heterocycles. The molecule has 1 amide bonds. The molecule has 2 rings (SSSR count). The van der Waals surface area contributed by atoms with Gasteiger partial charge in [-0.15, -0.1) is 0 Å². The molecule has 18 heavy (non-hydrogen) atoms. The molecule has 0 unspecified atom stereocenters. The minimum absolute atomic E-state index is 0.237. The Kier molecular flexibility index (Phi) is 4.09. The van der Waals surface area contributed by atoms with E-state index in [0.717, 1.165) is 44.4 Å².